The van der Waals surface area contributed by atoms with Gasteiger partial charge in [-0.25, -0.2) is 25.0 Å². The minimum Gasteiger partial charge on any atom is -0.448 e. The van der Waals surface area contributed by atoms with Gasteiger partial charge in [-0.05, 0) is 36.6 Å². The second-order valence-electron chi connectivity index (χ2n) is 6.34. The van der Waals surface area contributed by atoms with Crippen molar-refractivity contribution in [3.63, 3.8) is 0 Å². The van der Waals surface area contributed by atoms with Crippen molar-refractivity contribution in [1.82, 2.24) is 15.4 Å². The summed E-state index contributed by atoms with van der Waals surface area (Å²) in [5.41, 5.74) is 7.66. The van der Waals surface area contributed by atoms with Crippen LogP contribution in [0.1, 0.15) is 11.9 Å². The van der Waals surface area contributed by atoms with Crippen LogP contribution in [0.3, 0.4) is 0 Å². The first-order valence-corrected chi connectivity index (χ1v) is 11.2. The standard InChI is InChI=1S/C22H17N5O3S2/c1-3-19-24-18(12-31-19)25-21(28)26-27(22(29)30-4-2)15-10-8-14(9-11-15)16-6-5-7-17-20(16)32-13-23-17/h1,5-13H,4H2,2H3,(H2,25,26,28). The highest BCUT2D eigenvalue weighted by Crippen LogP contribution is 2.32. The van der Waals surface area contributed by atoms with E-state index < -0.39 is 12.1 Å². The van der Waals surface area contributed by atoms with Crippen molar-refractivity contribution in [3.05, 3.63) is 58.4 Å². The first-order valence-electron chi connectivity index (χ1n) is 9.48. The van der Waals surface area contributed by atoms with Crippen LogP contribution in [0.25, 0.3) is 21.3 Å². The molecule has 0 fully saturated rings. The molecule has 0 aliphatic heterocycles. The van der Waals surface area contributed by atoms with Crippen LogP contribution in [-0.4, -0.2) is 28.7 Å². The van der Waals surface area contributed by atoms with E-state index in [-0.39, 0.29) is 12.4 Å². The number of thiazole rings is 2. The minimum atomic E-state index is -0.720. The fourth-order valence-corrected chi connectivity index (χ4v) is 4.33. The predicted octanol–water partition coefficient (Wildman–Crippen LogP) is 5.10. The Morgan fingerprint density at radius 3 is 2.72 bits per heavy atom. The van der Waals surface area contributed by atoms with Gasteiger partial charge in [0, 0.05) is 10.9 Å². The molecule has 160 valence electrons. The number of anilines is 2. The molecule has 0 unspecified atom stereocenters. The molecule has 4 rings (SSSR count). The van der Waals surface area contributed by atoms with Crippen molar-refractivity contribution in [2.75, 3.05) is 16.9 Å². The lowest BCUT2D eigenvalue weighted by molar-refractivity contribution is 0.156. The highest BCUT2D eigenvalue weighted by molar-refractivity contribution is 7.17. The Morgan fingerprint density at radius 2 is 2.00 bits per heavy atom. The number of hydrazine groups is 1. The third kappa shape index (κ3) is 4.54. The molecule has 0 aliphatic carbocycles. The van der Waals surface area contributed by atoms with Crippen molar-refractivity contribution in [1.29, 1.82) is 0 Å². The quantitative estimate of drug-likeness (QED) is 0.324. The topological polar surface area (TPSA) is 96.5 Å². The summed E-state index contributed by atoms with van der Waals surface area (Å²) in [6.07, 6.45) is 4.58. The Kier molecular flexibility index (Phi) is 6.30. The van der Waals surface area contributed by atoms with Crippen molar-refractivity contribution >= 4 is 56.5 Å². The number of urea groups is 1. The van der Waals surface area contributed by atoms with E-state index in [0.29, 0.717) is 10.7 Å². The van der Waals surface area contributed by atoms with E-state index in [1.165, 1.54) is 11.3 Å². The lowest BCUT2D eigenvalue weighted by atomic mass is 10.0. The highest BCUT2D eigenvalue weighted by atomic mass is 32.1. The van der Waals surface area contributed by atoms with Crippen LogP contribution in [0.4, 0.5) is 21.1 Å². The van der Waals surface area contributed by atoms with E-state index in [9.17, 15) is 9.59 Å². The smallest absolute Gasteiger partial charge is 0.433 e. The minimum absolute atomic E-state index is 0.154. The summed E-state index contributed by atoms with van der Waals surface area (Å²) >= 11 is 2.79. The first kappa shape index (κ1) is 21.3. The third-order valence-electron chi connectivity index (χ3n) is 4.33. The number of ether oxygens (including phenoxy) is 1. The van der Waals surface area contributed by atoms with Crippen molar-refractivity contribution < 1.29 is 14.3 Å². The molecule has 0 bridgehead atoms. The second-order valence-corrected chi connectivity index (χ2v) is 8.05. The Hall–Kier alpha value is -3.94. The number of fused-ring (bicyclic) bond motifs is 1. The summed E-state index contributed by atoms with van der Waals surface area (Å²) in [7, 11) is 0. The molecule has 0 atom stereocenters. The number of carbonyl (C=O) groups excluding carboxylic acids is 2. The molecule has 2 heterocycles. The first-order chi connectivity index (χ1) is 15.6. The van der Waals surface area contributed by atoms with Crippen LogP contribution < -0.4 is 15.8 Å². The SMILES string of the molecule is C#Cc1nc(NC(=O)NN(C(=O)OCC)c2ccc(-c3cccc4ncsc34)cc2)cs1. The number of amides is 3. The van der Waals surface area contributed by atoms with E-state index in [2.05, 4.69) is 26.6 Å². The second kappa shape index (κ2) is 9.47. The maximum absolute atomic E-state index is 12.5. The molecule has 4 aromatic rings. The van der Waals surface area contributed by atoms with Crippen molar-refractivity contribution in [3.8, 4) is 23.5 Å². The molecule has 3 amide bonds. The van der Waals surface area contributed by atoms with Crippen LogP contribution in [-0.2, 0) is 4.74 Å². The molecule has 0 aliphatic rings. The summed E-state index contributed by atoms with van der Waals surface area (Å²) in [6.45, 7) is 1.84. The van der Waals surface area contributed by atoms with Gasteiger partial charge in [0.25, 0.3) is 0 Å². The number of rotatable bonds is 4. The lowest BCUT2D eigenvalue weighted by Crippen LogP contribution is -2.48. The highest BCUT2D eigenvalue weighted by Gasteiger charge is 2.20. The number of nitrogens with one attached hydrogen (secondary N) is 2. The average Bonchev–Trinajstić information content (AvgIpc) is 3.47. The third-order valence-corrected chi connectivity index (χ3v) is 5.98. The zero-order valence-corrected chi connectivity index (χ0v) is 18.5. The van der Waals surface area contributed by atoms with Crippen molar-refractivity contribution in [2.45, 2.75) is 6.92 Å². The number of nitrogens with zero attached hydrogens (tertiary/aromatic N) is 3. The summed E-state index contributed by atoms with van der Waals surface area (Å²) < 4.78 is 6.17. The van der Waals surface area contributed by atoms with E-state index in [1.54, 1.807) is 35.8 Å². The zero-order chi connectivity index (χ0) is 22.5. The average molecular weight is 464 g/mol. The molecular formula is C22H17N5O3S2. The van der Waals surface area contributed by atoms with Gasteiger partial charge in [-0.2, -0.15) is 5.01 Å². The van der Waals surface area contributed by atoms with E-state index in [4.69, 9.17) is 11.2 Å². The lowest BCUT2D eigenvalue weighted by Gasteiger charge is -2.22. The van der Waals surface area contributed by atoms with Crippen LogP contribution in [0.15, 0.2) is 53.4 Å². The molecule has 2 aromatic carbocycles. The molecule has 0 spiro atoms. The molecule has 2 aromatic heterocycles. The fraction of sp³-hybridized carbons (Fsp3) is 0.0909. The number of hydrogen-bond acceptors (Lipinski definition) is 7. The van der Waals surface area contributed by atoms with Crippen LogP contribution in [0.5, 0.6) is 0 Å². The normalized spacial score (nSPS) is 10.4. The van der Waals surface area contributed by atoms with Gasteiger partial charge >= 0.3 is 12.1 Å². The van der Waals surface area contributed by atoms with Gasteiger partial charge in [-0.3, -0.25) is 5.32 Å². The zero-order valence-electron chi connectivity index (χ0n) is 16.9. The molecule has 8 nitrogen and oxygen atoms in total. The Morgan fingerprint density at radius 1 is 1.19 bits per heavy atom. The van der Waals surface area contributed by atoms with Gasteiger partial charge in [-0.15, -0.1) is 29.1 Å². The number of aromatic nitrogens is 2. The van der Waals surface area contributed by atoms with E-state index >= 15 is 0 Å². The monoisotopic (exact) mass is 463 g/mol. The van der Waals surface area contributed by atoms with Gasteiger partial charge < -0.3 is 4.74 Å². The van der Waals surface area contributed by atoms with Crippen molar-refractivity contribution in [2.24, 2.45) is 0 Å². The van der Waals surface area contributed by atoms with Gasteiger partial charge in [-0.1, -0.05) is 24.3 Å². The number of terminal acetylenes is 1. The van der Waals surface area contributed by atoms with Gasteiger partial charge in [0.15, 0.2) is 5.01 Å². The number of benzene rings is 2. The Labute approximate surface area is 191 Å². The molecule has 0 radical (unpaired) electrons. The van der Waals surface area contributed by atoms with Crippen LogP contribution >= 0.6 is 22.7 Å². The molecule has 32 heavy (non-hydrogen) atoms. The number of carbonyl (C=O) groups is 2. The summed E-state index contributed by atoms with van der Waals surface area (Å²) in [5, 5.41) is 5.63. The molecule has 10 heteroatoms. The Balaban J connectivity index is 1.56. The Bertz CT molecular complexity index is 1310. The van der Waals surface area contributed by atoms with E-state index in [0.717, 1.165) is 26.4 Å². The largest absolute Gasteiger partial charge is 0.448 e. The number of hydrogen-bond donors (Lipinski definition) is 2. The van der Waals surface area contributed by atoms with Gasteiger partial charge in [0.1, 0.15) is 5.82 Å². The maximum atomic E-state index is 12.5. The maximum Gasteiger partial charge on any atom is 0.433 e. The summed E-state index contributed by atoms with van der Waals surface area (Å²) in [5.74, 6) is 2.69. The molecular weight excluding hydrogens is 446 g/mol. The fourth-order valence-electron chi connectivity index (χ4n) is 2.95. The molecule has 0 saturated heterocycles. The van der Waals surface area contributed by atoms with Crippen LogP contribution in [0.2, 0.25) is 0 Å². The summed E-state index contributed by atoms with van der Waals surface area (Å²) in [6, 6.07) is 12.5. The van der Waals surface area contributed by atoms with Crippen LogP contribution in [0, 0.1) is 12.3 Å². The van der Waals surface area contributed by atoms with Gasteiger partial charge in [0.2, 0.25) is 0 Å². The molecule has 0 saturated carbocycles. The molecule has 2 N–H and O–H groups in total. The van der Waals surface area contributed by atoms with E-state index in [1.807, 2.05) is 35.8 Å². The van der Waals surface area contributed by atoms with Gasteiger partial charge in [0.05, 0.1) is 28.0 Å². The summed E-state index contributed by atoms with van der Waals surface area (Å²) in [4.78, 5) is 33.3. The predicted molar refractivity (Wildman–Crippen MR) is 127 cm³/mol.